The fourth-order valence-electron chi connectivity index (χ4n) is 2.24. The molecule has 0 aliphatic carbocycles. The normalized spacial score (nSPS) is 12.7. The molecule has 1 atom stereocenters. The van der Waals surface area contributed by atoms with Crippen LogP contribution in [-0.2, 0) is 6.42 Å². The Morgan fingerprint density at radius 2 is 1.95 bits per heavy atom. The summed E-state index contributed by atoms with van der Waals surface area (Å²) in [6.07, 6.45) is 3.16. The van der Waals surface area contributed by atoms with Gasteiger partial charge in [0.15, 0.2) is 0 Å². The number of methoxy groups -OCH3 is 1. The minimum Gasteiger partial charge on any atom is -0.496 e. The van der Waals surface area contributed by atoms with Crippen molar-refractivity contribution in [1.29, 1.82) is 0 Å². The summed E-state index contributed by atoms with van der Waals surface area (Å²) in [5, 5.41) is 3.47. The van der Waals surface area contributed by atoms with Gasteiger partial charge in [0, 0.05) is 6.07 Å². The zero-order chi connectivity index (χ0) is 15.8. The Morgan fingerprint density at radius 1 is 1.24 bits per heavy atom. The number of ether oxygens (including phenoxy) is 1. The van der Waals surface area contributed by atoms with Crippen molar-refractivity contribution in [2.45, 2.75) is 40.0 Å². The summed E-state index contributed by atoms with van der Waals surface area (Å²) in [4.78, 5) is 0. The molecule has 0 saturated carbocycles. The minimum atomic E-state index is -0.276. The molecule has 0 aliphatic rings. The van der Waals surface area contributed by atoms with Crippen LogP contribution < -0.4 is 10.1 Å². The second kappa shape index (κ2) is 9.42. The van der Waals surface area contributed by atoms with Crippen molar-refractivity contribution in [3.63, 3.8) is 0 Å². The van der Waals surface area contributed by atoms with Gasteiger partial charge >= 0.3 is 0 Å². The van der Waals surface area contributed by atoms with E-state index in [9.17, 15) is 4.39 Å². The molecule has 0 amide bonds. The zero-order valence-corrected chi connectivity index (χ0v) is 15.1. The van der Waals surface area contributed by atoms with Crippen LogP contribution in [0.25, 0.3) is 0 Å². The lowest BCUT2D eigenvalue weighted by Crippen LogP contribution is -2.22. The summed E-state index contributed by atoms with van der Waals surface area (Å²) < 4.78 is 19.2. The van der Waals surface area contributed by atoms with Crippen molar-refractivity contribution in [3.8, 4) is 5.75 Å². The van der Waals surface area contributed by atoms with Gasteiger partial charge in [-0.15, -0.1) is 0 Å². The lowest BCUT2D eigenvalue weighted by Gasteiger charge is -2.15. The lowest BCUT2D eigenvalue weighted by molar-refractivity contribution is 0.400. The third-order valence-corrected chi connectivity index (χ3v) is 4.20. The standard InChI is InChI=1S/C17H27BrFNO/c1-12(2)11-20-8-7-13(3)5-6-14-9-15(18)16(19)10-17(14)21-4/h9-10,12-13,20H,5-8,11H2,1-4H3. The molecular weight excluding hydrogens is 333 g/mol. The molecule has 2 nitrogen and oxygen atoms in total. The van der Waals surface area contributed by atoms with E-state index in [0.717, 1.165) is 37.9 Å². The van der Waals surface area contributed by atoms with E-state index in [-0.39, 0.29) is 5.82 Å². The first-order valence-corrected chi connectivity index (χ1v) is 8.46. The predicted octanol–water partition coefficient (Wildman–Crippen LogP) is 4.80. The molecule has 1 N–H and O–H groups in total. The maximum absolute atomic E-state index is 13.5. The van der Waals surface area contributed by atoms with Crippen LogP contribution in [0.1, 0.15) is 39.2 Å². The highest BCUT2D eigenvalue weighted by molar-refractivity contribution is 9.10. The summed E-state index contributed by atoms with van der Waals surface area (Å²) >= 11 is 3.24. The fraction of sp³-hybridized carbons (Fsp3) is 0.647. The van der Waals surface area contributed by atoms with Crippen LogP contribution in [0.5, 0.6) is 5.75 Å². The van der Waals surface area contributed by atoms with Gasteiger partial charge in [0.2, 0.25) is 0 Å². The van der Waals surface area contributed by atoms with Crippen molar-refractivity contribution in [3.05, 3.63) is 28.0 Å². The molecule has 0 radical (unpaired) electrons. The number of halogens is 2. The highest BCUT2D eigenvalue weighted by Crippen LogP contribution is 2.28. The molecule has 120 valence electrons. The zero-order valence-electron chi connectivity index (χ0n) is 13.5. The molecule has 0 aliphatic heterocycles. The summed E-state index contributed by atoms with van der Waals surface area (Å²) in [5.74, 6) is 1.70. The van der Waals surface area contributed by atoms with Crippen LogP contribution >= 0.6 is 15.9 Å². The van der Waals surface area contributed by atoms with Crippen LogP contribution in [0, 0.1) is 17.7 Å². The average molecular weight is 360 g/mol. The number of hydrogen-bond acceptors (Lipinski definition) is 2. The largest absolute Gasteiger partial charge is 0.496 e. The van der Waals surface area contributed by atoms with Gasteiger partial charge in [-0.05, 0) is 71.7 Å². The van der Waals surface area contributed by atoms with E-state index in [2.05, 4.69) is 42.0 Å². The monoisotopic (exact) mass is 359 g/mol. The molecule has 1 aromatic rings. The van der Waals surface area contributed by atoms with Crippen molar-refractivity contribution in [2.24, 2.45) is 11.8 Å². The Balaban J connectivity index is 2.42. The first-order chi connectivity index (χ1) is 9.93. The molecule has 4 heteroatoms. The third-order valence-electron chi connectivity index (χ3n) is 3.60. The molecule has 0 heterocycles. The van der Waals surface area contributed by atoms with E-state index in [1.165, 1.54) is 6.07 Å². The summed E-state index contributed by atoms with van der Waals surface area (Å²) in [5.41, 5.74) is 1.06. The molecule has 0 bridgehead atoms. The third kappa shape index (κ3) is 6.79. The molecule has 1 rings (SSSR count). The molecule has 1 aromatic carbocycles. The Kier molecular flexibility index (Phi) is 8.27. The molecular formula is C17H27BrFNO. The van der Waals surface area contributed by atoms with Gasteiger partial charge in [-0.1, -0.05) is 20.8 Å². The second-order valence-electron chi connectivity index (χ2n) is 6.11. The van der Waals surface area contributed by atoms with Gasteiger partial charge in [0.1, 0.15) is 11.6 Å². The predicted molar refractivity (Wildman–Crippen MR) is 90.5 cm³/mol. The van der Waals surface area contributed by atoms with Crippen LogP contribution in [0.2, 0.25) is 0 Å². The van der Waals surface area contributed by atoms with E-state index in [1.807, 2.05) is 6.07 Å². The minimum absolute atomic E-state index is 0.276. The van der Waals surface area contributed by atoms with Crippen LogP contribution in [0.3, 0.4) is 0 Å². The summed E-state index contributed by atoms with van der Waals surface area (Å²) in [7, 11) is 1.59. The molecule has 0 saturated heterocycles. The lowest BCUT2D eigenvalue weighted by atomic mass is 9.97. The number of hydrogen-bond donors (Lipinski definition) is 1. The van der Waals surface area contributed by atoms with Crippen molar-refractivity contribution in [2.75, 3.05) is 20.2 Å². The Morgan fingerprint density at radius 3 is 2.57 bits per heavy atom. The van der Waals surface area contributed by atoms with Crippen molar-refractivity contribution in [1.82, 2.24) is 5.32 Å². The SMILES string of the molecule is COc1cc(F)c(Br)cc1CCC(C)CCNCC(C)C. The van der Waals surface area contributed by atoms with Gasteiger partial charge in [-0.2, -0.15) is 0 Å². The summed E-state index contributed by atoms with van der Waals surface area (Å²) in [6.45, 7) is 8.83. The maximum Gasteiger partial charge on any atom is 0.141 e. The van der Waals surface area contributed by atoms with Gasteiger partial charge < -0.3 is 10.1 Å². The Labute approximate surface area is 136 Å². The summed E-state index contributed by atoms with van der Waals surface area (Å²) in [6, 6.07) is 3.28. The van der Waals surface area contributed by atoms with Crippen LogP contribution in [0.15, 0.2) is 16.6 Å². The quantitative estimate of drug-likeness (QED) is 0.639. The van der Waals surface area contributed by atoms with E-state index >= 15 is 0 Å². The van der Waals surface area contributed by atoms with Gasteiger partial charge in [-0.25, -0.2) is 4.39 Å². The molecule has 21 heavy (non-hydrogen) atoms. The highest BCUT2D eigenvalue weighted by Gasteiger charge is 2.10. The first-order valence-electron chi connectivity index (χ1n) is 7.66. The van der Waals surface area contributed by atoms with Crippen molar-refractivity contribution < 1.29 is 9.13 Å². The average Bonchev–Trinajstić information content (AvgIpc) is 2.44. The molecule has 0 aromatic heterocycles. The van der Waals surface area contributed by atoms with Gasteiger partial charge in [0.25, 0.3) is 0 Å². The molecule has 1 unspecified atom stereocenters. The molecule has 0 fully saturated rings. The topological polar surface area (TPSA) is 21.3 Å². The van der Waals surface area contributed by atoms with Crippen molar-refractivity contribution >= 4 is 15.9 Å². The van der Waals surface area contributed by atoms with Gasteiger partial charge in [0.05, 0.1) is 11.6 Å². The number of benzene rings is 1. The maximum atomic E-state index is 13.5. The second-order valence-corrected chi connectivity index (χ2v) is 6.96. The molecule has 0 spiro atoms. The van der Waals surface area contributed by atoms with Crippen LogP contribution in [-0.4, -0.2) is 20.2 Å². The first kappa shape index (κ1) is 18.4. The van der Waals surface area contributed by atoms with E-state index in [0.29, 0.717) is 22.1 Å². The van der Waals surface area contributed by atoms with Gasteiger partial charge in [-0.3, -0.25) is 0 Å². The number of rotatable bonds is 9. The van der Waals surface area contributed by atoms with Crippen LogP contribution in [0.4, 0.5) is 4.39 Å². The highest BCUT2D eigenvalue weighted by atomic mass is 79.9. The Hall–Kier alpha value is -0.610. The Bertz CT molecular complexity index is 437. The van der Waals surface area contributed by atoms with E-state index in [1.54, 1.807) is 7.11 Å². The van der Waals surface area contributed by atoms with E-state index < -0.39 is 0 Å². The number of aryl methyl sites for hydroxylation is 1. The number of nitrogens with one attached hydrogen (secondary N) is 1. The van der Waals surface area contributed by atoms with E-state index in [4.69, 9.17) is 4.74 Å². The smallest absolute Gasteiger partial charge is 0.141 e. The fourth-order valence-corrected chi connectivity index (χ4v) is 2.63.